The van der Waals surface area contributed by atoms with Crippen molar-refractivity contribution in [2.75, 3.05) is 12.9 Å². The number of pyridine rings is 1. The second-order valence-corrected chi connectivity index (χ2v) is 9.95. The Bertz CT molecular complexity index is 798. The van der Waals surface area contributed by atoms with E-state index in [0.717, 1.165) is 6.26 Å². The van der Waals surface area contributed by atoms with E-state index in [1.807, 2.05) is 13.8 Å². The van der Waals surface area contributed by atoms with Crippen LogP contribution in [0.3, 0.4) is 0 Å². The second kappa shape index (κ2) is 7.33. The van der Waals surface area contributed by atoms with Crippen LogP contribution in [0, 0.1) is 0 Å². The zero-order chi connectivity index (χ0) is 20.0. The SMILES string of the molecule is CC1(C)O[C@@H]([C@@H](OS(C)(=O)=O)c2cccc(Br)n2)[C@@H]([C@@H]2COC(C)(C)O2)O1. The third kappa shape index (κ3) is 5.26. The largest absolute Gasteiger partial charge is 0.348 e. The first-order valence-corrected chi connectivity index (χ1v) is 11.1. The molecule has 152 valence electrons. The van der Waals surface area contributed by atoms with Gasteiger partial charge in [0.1, 0.15) is 29.0 Å². The highest BCUT2D eigenvalue weighted by atomic mass is 79.9. The number of rotatable bonds is 5. The molecule has 2 fully saturated rings. The smallest absolute Gasteiger partial charge is 0.265 e. The zero-order valence-electron chi connectivity index (χ0n) is 15.8. The molecule has 0 aromatic carbocycles. The minimum absolute atomic E-state index is 0.297. The topological polar surface area (TPSA) is 93.2 Å². The lowest BCUT2D eigenvalue weighted by Gasteiger charge is -2.28. The molecule has 1 aromatic heterocycles. The minimum Gasteiger partial charge on any atom is -0.348 e. The summed E-state index contributed by atoms with van der Waals surface area (Å²) in [6, 6.07) is 5.17. The minimum atomic E-state index is -3.79. The van der Waals surface area contributed by atoms with Crippen LogP contribution in [0.5, 0.6) is 0 Å². The lowest BCUT2D eigenvalue weighted by Crippen LogP contribution is -2.42. The molecule has 3 heterocycles. The van der Waals surface area contributed by atoms with E-state index < -0.39 is 46.1 Å². The Kier molecular flexibility index (Phi) is 5.72. The molecule has 10 heteroatoms. The van der Waals surface area contributed by atoms with Crippen molar-refractivity contribution in [3.05, 3.63) is 28.5 Å². The van der Waals surface area contributed by atoms with Crippen LogP contribution in [-0.2, 0) is 33.2 Å². The van der Waals surface area contributed by atoms with E-state index in [1.165, 1.54) is 0 Å². The van der Waals surface area contributed by atoms with Gasteiger partial charge in [0.05, 0.1) is 18.6 Å². The van der Waals surface area contributed by atoms with E-state index in [2.05, 4.69) is 20.9 Å². The van der Waals surface area contributed by atoms with Crippen LogP contribution in [0.4, 0.5) is 0 Å². The van der Waals surface area contributed by atoms with Crippen LogP contribution in [-0.4, -0.2) is 56.2 Å². The molecule has 2 aliphatic rings. The van der Waals surface area contributed by atoms with Gasteiger partial charge in [-0.3, -0.25) is 4.18 Å². The monoisotopic (exact) mass is 465 g/mol. The standard InChI is InChI=1S/C17H24BrNO7S/c1-16(2)22-9-11(23-16)14-15(25-17(3,4)24-14)13(26-27(5,20)21)10-7-6-8-12(18)19-10/h6-8,11,13-15H,9H2,1-5H3/t11-,13-,14+,15-/m0/s1. The van der Waals surface area contributed by atoms with Crippen molar-refractivity contribution >= 4 is 26.0 Å². The first-order chi connectivity index (χ1) is 12.4. The van der Waals surface area contributed by atoms with Crippen molar-refractivity contribution in [3.8, 4) is 0 Å². The molecule has 27 heavy (non-hydrogen) atoms. The molecule has 1 aromatic rings. The van der Waals surface area contributed by atoms with Crippen LogP contribution in [0.25, 0.3) is 0 Å². The quantitative estimate of drug-likeness (QED) is 0.483. The van der Waals surface area contributed by atoms with Crippen LogP contribution in [0.1, 0.15) is 39.5 Å². The lowest BCUT2D eigenvalue weighted by molar-refractivity contribution is -0.175. The Labute approximate surface area is 167 Å². The predicted molar refractivity (Wildman–Crippen MR) is 99.3 cm³/mol. The first-order valence-electron chi connectivity index (χ1n) is 8.53. The van der Waals surface area contributed by atoms with Gasteiger partial charge in [-0.15, -0.1) is 0 Å². The van der Waals surface area contributed by atoms with Gasteiger partial charge in [0.2, 0.25) is 0 Å². The fraction of sp³-hybridized carbons (Fsp3) is 0.706. The summed E-state index contributed by atoms with van der Waals surface area (Å²) in [4.78, 5) is 4.36. The molecule has 0 saturated carbocycles. The summed E-state index contributed by atoms with van der Waals surface area (Å²) >= 11 is 3.30. The third-order valence-electron chi connectivity index (χ3n) is 4.17. The molecule has 2 saturated heterocycles. The predicted octanol–water partition coefficient (Wildman–Crippen LogP) is 2.53. The van der Waals surface area contributed by atoms with E-state index in [9.17, 15) is 8.42 Å². The molecule has 3 rings (SSSR count). The van der Waals surface area contributed by atoms with Gasteiger partial charge >= 0.3 is 0 Å². The van der Waals surface area contributed by atoms with Crippen LogP contribution < -0.4 is 0 Å². The molecule has 0 radical (unpaired) electrons. The maximum absolute atomic E-state index is 11.9. The average Bonchev–Trinajstić information content (AvgIpc) is 3.03. The zero-order valence-corrected chi connectivity index (χ0v) is 18.2. The molecular weight excluding hydrogens is 442 g/mol. The van der Waals surface area contributed by atoms with Crippen molar-refractivity contribution in [1.82, 2.24) is 4.98 Å². The summed E-state index contributed by atoms with van der Waals surface area (Å²) < 4.78 is 53.5. The summed E-state index contributed by atoms with van der Waals surface area (Å²) in [5, 5.41) is 0. The molecule has 0 N–H and O–H groups in total. The number of hydrogen-bond acceptors (Lipinski definition) is 8. The third-order valence-corrected chi connectivity index (χ3v) is 5.16. The molecule has 2 aliphatic heterocycles. The average molecular weight is 466 g/mol. The van der Waals surface area contributed by atoms with E-state index in [-0.39, 0.29) is 0 Å². The van der Waals surface area contributed by atoms with Gasteiger partial charge in [-0.25, -0.2) is 4.98 Å². The van der Waals surface area contributed by atoms with Crippen LogP contribution in [0.15, 0.2) is 22.8 Å². The van der Waals surface area contributed by atoms with Crippen molar-refractivity contribution in [1.29, 1.82) is 0 Å². The van der Waals surface area contributed by atoms with E-state index in [4.69, 9.17) is 23.1 Å². The van der Waals surface area contributed by atoms with E-state index in [1.54, 1.807) is 32.0 Å². The Morgan fingerprint density at radius 3 is 2.44 bits per heavy atom. The maximum atomic E-state index is 11.9. The molecule has 0 spiro atoms. The maximum Gasteiger partial charge on any atom is 0.265 e. The Morgan fingerprint density at radius 2 is 1.89 bits per heavy atom. The Hall–Kier alpha value is -0.620. The Morgan fingerprint density at radius 1 is 1.19 bits per heavy atom. The summed E-state index contributed by atoms with van der Waals surface area (Å²) in [6.07, 6.45) is -1.82. The molecule has 4 atom stereocenters. The van der Waals surface area contributed by atoms with Crippen LogP contribution >= 0.6 is 15.9 Å². The van der Waals surface area contributed by atoms with Gasteiger partial charge in [-0.05, 0) is 55.8 Å². The van der Waals surface area contributed by atoms with Crippen molar-refractivity contribution < 1.29 is 31.5 Å². The second-order valence-electron chi connectivity index (χ2n) is 7.54. The highest BCUT2D eigenvalue weighted by molar-refractivity contribution is 9.10. The van der Waals surface area contributed by atoms with Crippen molar-refractivity contribution in [2.24, 2.45) is 0 Å². The number of hydrogen-bond donors (Lipinski definition) is 0. The normalized spacial score (nSPS) is 31.1. The fourth-order valence-corrected chi connectivity index (χ4v) is 4.20. The van der Waals surface area contributed by atoms with E-state index >= 15 is 0 Å². The highest BCUT2D eigenvalue weighted by Crippen LogP contribution is 2.41. The van der Waals surface area contributed by atoms with Gasteiger partial charge in [0, 0.05) is 0 Å². The summed E-state index contributed by atoms with van der Waals surface area (Å²) in [7, 11) is -3.79. The first kappa shape index (κ1) is 21.1. The lowest BCUT2D eigenvalue weighted by atomic mass is 10.0. The molecule has 8 nitrogen and oxygen atoms in total. The van der Waals surface area contributed by atoms with Crippen LogP contribution in [0.2, 0.25) is 0 Å². The number of nitrogens with zero attached hydrogens (tertiary/aromatic N) is 1. The molecular formula is C17H24BrNO7S. The van der Waals surface area contributed by atoms with Gasteiger partial charge < -0.3 is 18.9 Å². The molecule has 0 amide bonds. The summed E-state index contributed by atoms with van der Waals surface area (Å²) in [5.74, 6) is -1.71. The van der Waals surface area contributed by atoms with Crippen molar-refractivity contribution in [3.63, 3.8) is 0 Å². The summed E-state index contributed by atoms with van der Waals surface area (Å²) in [6.45, 7) is 7.43. The summed E-state index contributed by atoms with van der Waals surface area (Å²) in [5.41, 5.74) is 0.407. The van der Waals surface area contributed by atoms with Gasteiger partial charge in [-0.1, -0.05) is 6.07 Å². The molecule has 0 bridgehead atoms. The van der Waals surface area contributed by atoms with E-state index in [0.29, 0.717) is 16.9 Å². The van der Waals surface area contributed by atoms with Gasteiger partial charge in [-0.2, -0.15) is 8.42 Å². The molecule has 0 unspecified atom stereocenters. The highest BCUT2D eigenvalue weighted by Gasteiger charge is 2.53. The number of ether oxygens (including phenoxy) is 4. The Balaban J connectivity index is 1.97. The number of aromatic nitrogens is 1. The van der Waals surface area contributed by atoms with Gasteiger partial charge in [0.15, 0.2) is 11.6 Å². The fourth-order valence-electron chi connectivity index (χ4n) is 3.26. The van der Waals surface area contributed by atoms with Crippen molar-refractivity contribution in [2.45, 2.75) is 63.7 Å². The molecule has 0 aliphatic carbocycles. The number of halogens is 1. The van der Waals surface area contributed by atoms with Gasteiger partial charge in [0.25, 0.3) is 10.1 Å².